The zero-order valence-electron chi connectivity index (χ0n) is 15.0. The van der Waals surface area contributed by atoms with Crippen LogP contribution in [-0.2, 0) is 12.2 Å². The summed E-state index contributed by atoms with van der Waals surface area (Å²) in [5, 5.41) is 9.82. The van der Waals surface area contributed by atoms with E-state index in [1.165, 1.54) is 11.8 Å². The summed E-state index contributed by atoms with van der Waals surface area (Å²) >= 11 is 14.3. The lowest BCUT2D eigenvalue weighted by Crippen LogP contribution is -2.00. The van der Waals surface area contributed by atoms with Crippen LogP contribution in [0.25, 0.3) is 16.9 Å². The molecule has 0 fully saturated rings. The van der Waals surface area contributed by atoms with Gasteiger partial charge in [-0.2, -0.15) is 0 Å². The molecule has 0 radical (unpaired) electrons. The second kappa shape index (κ2) is 8.39. The Morgan fingerprint density at radius 3 is 2.54 bits per heavy atom. The molecule has 0 amide bonds. The number of hydrogen-bond acceptors (Lipinski definition) is 5. The highest BCUT2D eigenvalue weighted by Gasteiger charge is 2.18. The molecule has 2 heterocycles. The standard InChI is InChI=1S/C20H16Cl2N4OS/c1-2-17-24-25-18(27-17)12-28-20-23-11-16(13-7-4-3-5-8-13)26(20)15-10-6-9-14(21)19(15)22/h3-11H,2,12H2,1H3. The van der Waals surface area contributed by atoms with Crippen molar-refractivity contribution in [1.29, 1.82) is 0 Å². The van der Waals surface area contributed by atoms with Gasteiger partial charge in [-0.25, -0.2) is 4.98 Å². The van der Waals surface area contributed by atoms with E-state index in [4.69, 9.17) is 27.6 Å². The summed E-state index contributed by atoms with van der Waals surface area (Å²) in [6.07, 6.45) is 2.54. The van der Waals surface area contributed by atoms with Gasteiger partial charge < -0.3 is 4.42 Å². The van der Waals surface area contributed by atoms with Gasteiger partial charge in [0.05, 0.1) is 33.4 Å². The molecule has 2 aromatic carbocycles. The minimum atomic E-state index is 0.479. The fourth-order valence-electron chi connectivity index (χ4n) is 2.76. The lowest BCUT2D eigenvalue weighted by atomic mass is 10.1. The lowest BCUT2D eigenvalue weighted by molar-refractivity contribution is 0.470. The topological polar surface area (TPSA) is 56.7 Å². The van der Waals surface area contributed by atoms with Crippen LogP contribution in [0.15, 0.2) is 64.3 Å². The second-order valence-corrected chi connectivity index (χ2v) is 7.66. The number of rotatable bonds is 6. The predicted octanol–water partition coefficient (Wildman–Crippen LogP) is 6.08. The van der Waals surface area contributed by atoms with Crippen molar-refractivity contribution in [3.63, 3.8) is 0 Å². The first-order chi connectivity index (χ1) is 13.7. The molecule has 0 saturated carbocycles. The monoisotopic (exact) mass is 430 g/mol. The van der Waals surface area contributed by atoms with Crippen LogP contribution >= 0.6 is 35.0 Å². The quantitative estimate of drug-likeness (QED) is 0.346. The summed E-state index contributed by atoms with van der Waals surface area (Å²) < 4.78 is 7.61. The van der Waals surface area contributed by atoms with E-state index in [1.54, 1.807) is 6.07 Å². The Bertz CT molecular complexity index is 1090. The summed E-state index contributed by atoms with van der Waals surface area (Å²) in [4.78, 5) is 4.62. The van der Waals surface area contributed by atoms with Crippen molar-refractivity contribution in [3.8, 4) is 16.9 Å². The van der Waals surface area contributed by atoms with Gasteiger partial charge in [0.15, 0.2) is 5.16 Å². The first-order valence-electron chi connectivity index (χ1n) is 8.69. The fourth-order valence-corrected chi connectivity index (χ4v) is 3.97. The zero-order chi connectivity index (χ0) is 19.5. The number of hydrogen-bond donors (Lipinski definition) is 0. The van der Waals surface area contributed by atoms with Crippen LogP contribution in [0.4, 0.5) is 0 Å². The lowest BCUT2D eigenvalue weighted by Gasteiger charge is -2.14. The molecular formula is C20H16Cl2N4OS. The maximum atomic E-state index is 6.52. The maximum absolute atomic E-state index is 6.52. The molecule has 4 aromatic rings. The van der Waals surface area contributed by atoms with E-state index in [9.17, 15) is 0 Å². The third kappa shape index (κ3) is 3.81. The number of thioether (sulfide) groups is 1. The van der Waals surface area contributed by atoms with Gasteiger partial charge >= 0.3 is 0 Å². The highest BCUT2D eigenvalue weighted by molar-refractivity contribution is 7.98. The van der Waals surface area contributed by atoms with Gasteiger partial charge in [-0.05, 0) is 12.1 Å². The van der Waals surface area contributed by atoms with Crippen molar-refractivity contribution in [1.82, 2.24) is 19.7 Å². The molecule has 5 nitrogen and oxygen atoms in total. The summed E-state index contributed by atoms with van der Waals surface area (Å²) in [7, 11) is 0. The molecule has 28 heavy (non-hydrogen) atoms. The summed E-state index contributed by atoms with van der Waals surface area (Å²) in [5.74, 6) is 1.70. The van der Waals surface area contributed by atoms with Gasteiger partial charge in [0.25, 0.3) is 0 Å². The molecule has 0 spiro atoms. The van der Waals surface area contributed by atoms with Crippen LogP contribution in [0, 0.1) is 0 Å². The van der Waals surface area contributed by atoms with E-state index in [1.807, 2.05) is 60.2 Å². The SMILES string of the molecule is CCc1nnc(CSc2ncc(-c3ccccc3)n2-c2cccc(Cl)c2Cl)o1. The fraction of sp³-hybridized carbons (Fsp3) is 0.150. The molecule has 8 heteroatoms. The molecule has 0 atom stereocenters. The summed E-state index contributed by atoms with van der Waals surface area (Å²) in [6, 6.07) is 15.6. The maximum Gasteiger partial charge on any atom is 0.226 e. The zero-order valence-corrected chi connectivity index (χ0v) is 17.3. The average molecular weight is 431 g/mol. The number of nitrogens with zero attached hydrogens (tertiary/aromatic N) is 4. The molecule has 0 aliphatic carbocycles. The first-order valence-corrected chi connectivity index (χ1v) is 10.4. The van der Waals surface area contributed by atoms with Gasteiger partial charge in [-0.3, -0.25) is 4.57 Å². The van der Waals surface area contributed by atoms with Crippen LogP contribution in [0.2, 0.25) is 10.0 Å². The van der Waals surface area contributed by atoms with E-state index < -0.39 is 0 Å². The third-order valence-corrected chi connectivity index (χ3v) is 5.85. The molecule has 4 rings (SSSR count). The number of imidazole rings is 1. The number of aromatic nitrogens is 4. The first kappa shape index (κ1) is 19.1. The van der Waals surface area contributed by atoms with Crippen LogP contribution < -0.4 is 0 Å². The molecule has 0 bridgehead atoms. The van der Waals surface area contributed by atoms with Gasteiger partial charge in [0.1, 0.15) is 0 Å². The Kier molecular flexibility index (Phi) is 5.71. The van der Waals surface area contributed by atoms with E-state index in [0.29, 0.717) is 34.0 Å². The Morgan fingerprint density at radius 1 is 1.00 bits per heavy atom. The van der Waals surface area contributed by atoms with E-state index in [-0.39, 0.29) is 0 Å². The molecule has 0 saturated heterocycles. The Hall–Kier alpha value is -2.28. The van der Waals surface area contributed by atoms with Crippen molar-refractivity contribution >= 4 is 35.0 Å². The van der Waals surface area contributed by atoms with Gasteiger partial charge in [0, 0.05) is 12.0 Å². The van der Waals surface area contributed by atoms with Crippen molar-refractivity contribution in [3.05, 3.63) is 76.6 Å². The smallest absolute Gasteiger partial charge is 0.226 e. The van der Waals surface area contributed by atoms with Crippen molar-refractivity contribution in [2.45, 2.75) is 24.3 Å². The highest BCUT2D eigenvalue weighted by Crippen LogP contribution is 2.36. The van der Waals surface area contributed by atoms with Crippen molar-refractivity contribution < 1.29 is 4.42 Å². The highest BCUT2D eigenvalue weighted by atomic mass is 35.5. The second-order valence-electron chi connectivity index (χ2n) is 5.93. The third-order valence-electron chi connectivity index (χ3n) is 4.11. The summed E-state index contributed by atoms with van der Waals surface area (Å²) in [6.45, 7) is 1.98. The molecule has 2 aromatic heterocycles. The molecular weight excluding hydrogens is 415 g/mol. The summed E-state index contributed by atoms with van der Waals surface area (Å²) in [5.41, 5.74) is 2.73. The van der Waals surface area contributed by atoms with Gasteiger partial charge in [0.2, 0.25) is 11.8 Å². The van der Waals surface area contributed by atoms with Gasteiger partial charge in [-0.15, -0.1) is 10.2 Å². The number of halogens is 2. The van der Waals surface area contributed by atoms with Gasteiger partial charge in [-0.1, -0.05) is 78.3 Å². The van der Waals surface area contributed by atoms with E-state index in [0.717, 1.165) is 22.1 Å². The Balaban J connectivity index is 1.76. The van der Waals surface area contributed by atoms with Crippen LogP contribution in [0.5, 0.6) is 0 Å². The Morgan fingerprint density at radius 2 is 1.79 bits per heavy atom. The normalized spacial score (nSPS) is 11.1. The number of aryl methyl sites for hydroxylation is 1. The van der Waals surface area contributed by atoms with Crippen LogP contribution in [0.1, 0.15) is 18.7 Å². The minimum absolute atomic E-state index is 0.479. The average Bonchev–Trinajstić information content (AvgIpc) is 3.36. The molecule has 142 valence electrons. The number of benzene rings is 2. The predicted molar refractivity (Wildman–Crippen MR) is 112 cm³/mol. The van der Waals surface area contributed by atoms with Crippen molar-refractivity contribution in [2.75, 3.05) is 0 Å². The molecule has 0 unspecified atom stereocenters. The minimum Gasteiger partial charge on any atom is -0.424 e. The Labute approximate surface area is 176 Å². The molecule has 0 N–H and O–H groups in total. The molecule has 0 aliphatic heterocycles. The largest absolute Gasteiger partial charge is 0.424 e. The van der Waals surface area contributed by atoms with E-state index in [2.05, 4.69) is 15.2 Å². The van der Waals surface area contributed by atoms with Crippen LogP contribution in [-0.4, -0.2) is 19.7 Å². The van der Waals surface area contributed by atoms with Crippen molar-refractivity contribution in [2.24, 2.45) is 0 Å². The van der Waals surface area contributed by atoms with E-state index >= 15 is 0 Å². The molecule has 0 aliphatic rings. The van der Waals surface area contributed by atoms with Crippen LogP contribution in [0.3, 0.4) is 0 Å².